The highest BCUT2D eigenvalue weighted by atomic mass is 32.2. The highest BCUT2D eigenvalue weighted by molar-refractivity contribution is 7.99. The average molecular weight is 319 g/mol. The van der Waals surface area contributed by atoms with Crippen molar-refractivity contribution in [2.75, 3.05) is 29.1 Å². The average Bonchev–Trinajstić information content (AvgIpc) is 3.17. The van der Waals surface area contributed by atoms with E-state index >= 15 is 0 Å². The number of hydrogen-bond acceptors (Lipinski definition) is 7. The van der Waals surface area contributed by atoms with Crippen molar-refractivity contribution in [3.63, 3.8) is 0 Å². The number of amides is 1. The summed E-state index contributed by atoms with van der Waals surface area (Å²) in [6.07, 6.45) is 3.95. The van der Waals surface area contributed by atoms with Gasteiger partial charge in [-0.2, -0.15) is 0 Å². The zero-order chi connectivity index (χ0) is 15.4. The minimum atomic E-state index is -0.150. The Bertz CT molecular complexity index is 654. The summed E-state index contributed by atoms with van der Waals surface area (Å²) in [7, 11) is 0. The molecular formula is C14H17N5O2S. The number of aromatic nitrogens is 3. The van der Waals surface area contributed by atoms with E-state index in [2.05, 4.69) is 25.3 Å². The van der Waals surface area contributed by atoms with Gasteiger partial charge < -0.3 is 9.42 Å². The summed E-state index contributed by atoms with van der Waals surface area (Å²) >= 11 is 1.38. The van der Waals surface area contributed by atoms with E-state index in [1.165, 1.54) is 24.6 Å². The van der Waals surface area contributed by atoms with Crippen molar-refractivity contribution >= 4 is 29.4 Å². The van der Waals surface area contributed by atoms with Crippen molar-refractivity contribution in [3.8, 4) is 0 Å². The largest absolute Gasteiger partial charge is 0.356 e. The van der Waals surface area contributed by atoms with Crippen LogP contribution in [-0.4, -0.2) is 39.9 Å². The molecule has 1 fully saturated rings. The first kappa shape index (κ1) is 14.8. The lowest BCUT2D eigenvalue weighted by Crippen LogP contribution is -2.19. The van der Waals surface area contributed by atoms with E-state index in [0.717, 1.165) is 29.6 Å². The van der Waals surface area contributed by atoms with E-state index in [-0.39, 0.29) is 11.7 Å². The molecule has 8 heteroatoms. The van der Waals surface area contributed by atoms with Crippen molar-refractivity contribution in [2.24, 2.45) is 0 Å². The number of rotatable bonds is 5. The topological polar surface area (TPSA) is 84.2 Å². The van der Waals surface area contributed by atoms with Crippen LogP contribution in [0.2, 0.25) is 0 Å². The fourth-order valence-corrected chi connectivity index (χ4v) is 2.93. The predicted octanol–water partition coefficient (Wildman–Crippen LogP) is 2.10. The summed E-state index contributed by atoms with van der Waals surface area (Å²) in [4.78, 5) is 22.6. The molecule has 1 N–H and O–H groups in total. The Balaban J connectivity index is 1.54. The Morgan fingerprint density at radius 2 is 2.18 bits per heavy atom. The number of aryl methyl sites for hydroxylation is 1. The first-order chi connectivity index (χ1) is 10.7. The van der Waals surface area contributed by atoms with Crippen molar-refractivity contribution in [3.05, 3.63) is 24.2 Å². The van der Waals surface area contributed by atoms with Gasteiger partial charge in [-0.1, -0.05) is 16.9 Å². The maximum atomic E-state index is 11.9. The van der Waals surface area contributed by atoms with Crippen LogP contribution in [0.5, 0.6) is 0 Å². The third kappa shape index (κ3) is 3.76. The molecule has 0 radical (unpaired) electrons. The van der Waals surface area contributed by atoms with Crippen LogP contribution in [0.25, 0.3) is 0 Å². The second kappa shape index (κ2) is 6.78. The lowest BCUT2D eigenvalue weighted by atomic mass is 10.4. The van der Waals surface area contributed by atoms with Gasteiger partial charge in [0.1, 0.15) is 17.2 Å². The molecule has 116 valence electrons. The number of hydrogen-bond donors (Lipinski definition) is 1. The van der Waals surface area contributed by atoms with Gasteiger partial charge in [0.2, 0.25) is 11.8 Å². The van der Waals surface area contributed by atoms with Crippen molar-refractivity contribution in [1.82, 2.24) is 15.1 Å². The van der Waals surface area contributed by atoms with Crippen LogP contribution in [0, 0.1) is 6.92 Å². The lowest BCUT2D eigenvalue weighted by molar-refractivity contribution is -0.113. The maximum absolute atomic E-state index is 11.9. The molecule has 0 unspecified atom stereocenters. The first-order valence-corrected chi connectivity index (χ1v) is 8.12. The van der Waals surface area contributed by atoms with Gasteiger partial charge in [-0.05, 0) is 19.8 Å². The monoisotopic (exact) mass is 319 g/mol. The fraction of sp³-hybridized carbons (Fsp3) is 0.429. The second-order valence-corrected chi connectivity index (χ2v) is 6.07. The number of nitrogens with zero attached hydrogens (tertiary/aromatic N) is 4. The standard InChI is InChI=1S/C14H17N5O2S/c1-10-6-13(21-18-10)17-12(20)8-22-14-7-11(15-9-16-14)19-4-2-3-5-19/h6-7,9H,2-5,8H2,1H3,(H,17,20). The molecule has 3 heterocycles. The highest BCUT2D eigenvalue weighted by Gasteiger charge is 2.14. The van der Waals surface area contributed by atoms with Crippen LogP contribution in [-0.2, 0) is 4.79 Å². The Morgan fingerprint density at radius 3 is 2.91 bits per heavy atom. The molecule has 0 aromatic carbocycles. The van der Waals surface area contributed by atoms with E-state index in [1.54, 1.807) is 19.3 Å². The minimum Gasteiger partial charge on any atom is -0.356 e. The van der Waals surface area contributed by atoms with Gasteiger partial charge in [0, 0.05) is 25.2 Å². The van der Waals surface area contributed by atoms with Crippen LogP contribution in [0.1, 0.15) is 18.5 Å². The third-order valence-corrected chi connectivity index (χ3v) is 4.22. The molecule has 0 bridgehead atoms. The van der Waals surface area contributed by atoms with Crippen LogP contribution < -0.4 is 10.2 Å². The van der Waals surface area contributed by atoms with Crippen molar-refractivity contribution in [2.45, 2.75) is 24.8 Å². The summed E-state index contributed by atoms with van der Waals surface area (Å²) in [5.74, 6) is 1.41. The van der Waals surface area contributed by atoms with Gasteiger partial charge in [0.25, 0.3) is 0 Å². The van der Waals surface area contributed by atoms with Crippen molar-refractivity contribution < 1.29 is 9.32 Å². The Labute approximate surface area is 132 Å². The molecule has 22 heavy (non-hydrogen) atoms. The maximum Gasteiger partial charge on any atom is 0.237 e. The molecule has 3 rings (SSSR count). The number of anilines is 2. The summed E-state index contributed by atoms with van der Waals surface area (Å²) in [6, 6.07) is 3.61. The summed E-state index contributed by atoms with van der Waals surface area (Å²) in [5, 5.41) is 7.17. The van der Waals surface area contributed by atoms with Crippen LogP contribution >= 0.6 is 11.8 Å². The molecule has 1 aliphatic heterocycles. The normalized spacial score (nSPS) is 14.3. The van der Waals surface area contributed by atoms with Gasteiger partial charge in [-0.3, -0.25) is 10.1 Å². The lowest BCUT2D eigenvalue weighted by Gasteiger charge is -2.16. The first-order valence-electron chi connectivity index (χ1n) is 7.14. The van der Waals surface area contributed by atoms with Gasteiger partial charge in [0.15, 0.2) is 0 Å². The molecule has 7 nitrogen and oxygen atoms in total. The minimum absolute atomic E-state index is 0.150. The number of nitrogens with one attached hydrogen (secondary N) is 1. The summed E-state index contributed by atoms with van der Waals surface area (Å²) in [6.45, 7) is 3.87. The van der Waals surface area contributed by atoms with E-state index in [1.807, 2.05) is 6.07 Å². The molecular weight excluding hydrogens is 302 g/mol. The molecule has 0 saturated carbocycles. The zero-order valence-electron chi connectivity index (χ0n) is 12.3. The quantitative estimate of drug-likeness (QED) is 0.667. The molecule has 1 amide bonds. The fourth-order valence-electron chi connectivity index (χ4n) is 2.26. The molecule has 1 aliphatic rings. The van der Waals surface area contributed by atoms with Gasteiger partial charge in [-0.15, -0.1) is 0 Å². The molecule has 0 spiro atoms. The Morgan fingerprint density at radius 1 is 1.36 bits per heavy atom. The second-order valence-electron chi connectivity index (χ2n) is 5.08. The number of thioether (sulfide) groups is 1. The molecule has 1 saturated heterocycles. The molecule has 0 aliphatic carbocycles. The SMILES string of the molecule is Cc1cc(NC(=O)CSc2cc(N3CCCC3)ncn2)on1. The Kier molecular flexibility index (Phi) is 4.57. The molecule has 0 atom stereocenters. The van der Waals surface area contributed by atoms with E-state index in [9.17, 15) is 4.79 Å². The molecule has 2 aromatic heterocycles. The summed E-state index contributed by atoms with van der Waals surface area (Å²) < 4.78 is 4.95. The van der Waals surface area contributed by atoms with E-state index in [4.69, 9.17) is 4.52 Å². The van der Waals surface area contributed by atoms with Crippen LogP contribution in [0.15, 0.2) is 28.0 Å². The van der Waals surface area contributed by atoms with Crippen LogP contribution in [0.3, 0.4) is 0 Å². The van der Waals surface area contributed by atoms with Crippen LogP contribution in [0.4, 0.5) is 11.7 Å². The number of carbonyl (C=O) groups excluding carboxylic acids is 1. The zero-order valence-corrected chi connectivity index (χ0v) is 13.1. The van der Waals surface area contributed by atoms with Gasteiger partial charge >= 0.3 is 0 Å². The van der Waals surface area contributed by atoms with Crippen molar-refractivity contribution in [1.29, 1.82) is 0 Å². The van der Waals surface area contributed by atoms with Gasteiger partial charge in [0.05, 0.1) is 11.4 Å². The highest BCUT2D eigenvalue weighted by Crippen LogP contribution is 2.22. The predicted molar refractivity (Wildman–Crippen MR) is 84.1 cm³/mol. The Hall–Kier alpha value is -2.09. The smallest absolute Gasteiger partial charge is 0.237 e. The number of carbonyl (C=O) groups is 1. The van der Waals surface area contributed by atoms with E-state index < -0.39 is 0 Å². The summed E-state index contributed by atoms with van der Waals surface area (Å²) in [5.41, 5.74) is 0.731. The van der Waals surface area contributed by atoms with E-state index in [0.29, 0.717) is 5.88 Å². The van der Waals surface area contributed by atoms with Gasteiger partial charge in [-0.25, -0.2) is 9.97 Å². The third-order valence-electron chi connectivity index (χ3n) is 3.30. The molecule has 2 aromatic rings.